The minimum absolute atomic E-state index is 0.0146. The number of anilines is 1. The van der Waals surface area contributed by atoms with Crippen LogP contribution in [-0.4, -0.2) is 59.4 Å². The number of nitrogens with one attached hydrogen (secondary N) is 1. The number of aromatic nitrogens is 6. The summed E-state index contributed by atoms with van der Waals surface area (Å²) < 4.78 is 0. The molecule has 1 saturated carbocycles. The molecule has 1 aliphatic carbocycles. The number of rotatable bonds is 5. The average Bonchev–Trinajstić information content (AvgIpc) is 3.36. The van der Waals surface area contributed by atoms with Gasteiger partial charge in [0.05, 0.1) is 24.0 Å². The largest absolute Gasteiger partial charge is 0.352 e. The molecule has 5 heterocycles. The zero-order chi connectivity index (χ0) is 23.2. The number of piperidine rings is 2. The lowest BCUT2D eigenvalue weighted by atomic mass is 9.64. The van der Waals surface area contributed by atoms with Gasteiger partial charge in [-0.25, -0.2) is 15.0 Å². The molecule has 1 aromatic carbocycles. The highest BCUT2D eigenvalue weighted by molar-refractivity contribution is 5.96. The third-order valence-electron chi connectivity index (χ3n) is 7.29. The third kappa shape index (κ3) is 3.48. The predicted octanol–water partition coefficient (Wildman–Crippen LogP) is 3.27. The van der Waals surface area contributed by atoms with Crippen LogP contribution in [0.2, 0.25) is 0 Å². The second kappa shape index (κ2) is 8.16. The third-order valence-corrected chi connectivity index (χ3v) is 7.29. The first-order valence-corrected chi connectivity index (χ1v) is 11.7. The van der Waals surface area contributed by atoms with Crippen molar-refractivity contribution in [3.05, 3.63) is 66.4 Å². The summed E-state index contributed by atoms with van der Waals surface area (Å²) in [6.07, 6.45) is 7.11. The first-order chi connectivity index (χ1) is 16.6. The van der Waals surface area contributed by atoms with E-state index in [2.05, 4.69) is 37.4 Å². The van der Waals surface area contributed by atoms with Crippen LogP contribution in [0.1, 0.15) is 35.9 Å². The van der Waals surface area contributed by atoms with Crippen LogP contribution >= 0.6 is 0 Å². The van der Waals surface area contributed by atoms with Gasteiger partial charge in [0.25, 0.3) is 5.91 Å². The number of pyridine rings is 1. The Labute approximate surface area is 197 Å². The molecule has 0 unspecified atom stereocenters. The number of nitrogens with zero attached hydrogens (tertiary/aromatic N) is 7. The Morgan fingerprint density at radius 2 is 1.88 bits per heavy atom. The van der Waals surface area contributed by atoms with Crippen LogP contribution in [0, 0.1) is 18.8 Å². The Balaban J connectivity index is 1.30. The molecule has 3 fully saturated rings. The van der Waals surface area contributed by atoms with E-state index < -0.39 is 0 Å². The van der Waals surface area contributed by atoms with Crippen molar-refractivity contribution in [2.45, 2.75) is 38.8 Å². The number of fused-ring (bicyclic) bond motifs is 3. The highest BCUT2D eigenvalue weighted by Crippen LogP contribution is 2.47. The molecule has 0 radical (unpaired) electrons. The van der Waals surface area contributed by atoms with Gasteiger partial charge < -0.3 is 10.2 Å². The van der Waals surface area contributed by atoms with E-state index in [1.54, 1.807) is 12.4 Å². The molecular formula is C25H26N8O. The second-order valence-electron chi connectivity index (χ2n) is 9.30. The van der Waals surface area contributed by atoms with Gasteiger partial charge in [0.2, 0.25) is 5.95 Å². The first-order valence-electron chi connectivity index (χ1n) is 11.7. The van der Waals surface area contributed by atoms with Gasteiger partial charge in [-0.1, -0.05) is 25.1 Å². The fourth-order valence-corrected chi connectivity index (χ4v) is 5.31. The van der Waals surface area contributed by atoms with Crippen LogP contribution in [-0.2, 0) is 0 Å². The minimum atomic E-state index is -0.0720. The van der Waals surface area contributed by atoms with Crippen molar-refractivity contribution in [3.8, 4) is 5.69 Å². The standard InChI is InChI=1S/C25H26N8O/c1-15-7-8-21(33-28-9-10-29-33)23(30-15)24(34)32-19-11-18(12-19)16(2)22(32)14-27-25-26-13-17-5-3-4-6-20(17)31-25/h3-10,13,16,18-19,22H,11-12,14H2,1-2H3,(H,26,27,31)/t16-,18?,19?,22+/m0/s1. The van der Waals surface area contributed by atoms with E-state index in [0.717, 1.165) is 29.4 Å². The smallest absolute Gasteiger partial charge is 0.275 e. The number of carbonyl (C=O) groups excluding carboxylic acids is 1. The van der Waals surface area contributed by atoms with Gasteiger partial charge in [-0.05, 0) is 49.8 Å². The molecule has 1 amide bonds. The maximum absolute atomic E-state index is 14.0. The molecule has 34 heavy (non-hydrogen) atoms. The lowest BCUT2D eigenvalue weighted by Gasteiger charge is -2.57. The summed E-state index contributed by atoms with van der Waals surface area (Å²) in [4.78, 5) is 31.2. The van der Waals surface area contributed by atoms with Crippen molar-refractivity contribution in [2.75, 3.05) is 11.9 Å². The fraction of sp³-hybridized carbons (Fsp3) is 0.360. The molecule has 7 rings (SSSR count). The molecule has 2 bridgehead atoms. The SMILES string of the molecule is Cc1ccc(-n2nccn2)c(C(=O)N2C3CC(C3)[C@H](C)[C@H]2CNc2ncc3ccccc3n2)n1. The Morgan fingerprint density at radius 1 is 1.09 bits per heavy atom. The van der Waals surface area contributed by atoms with Crippen LogP contribution in [0.15, 0.2) is 55.0 Å². The van der Waals surface area contributed by atoms with Crippen molar-refractivity contribution in [3.63, 3.8) is 0 Å². The first kappa shape index (κ1) is 20.7. The number of aryl methyl sites for hydroxylation is 1. The van der Waals surface area contributed by atoms with Crippen LogP contribution in [0.4, 0.5) is 5.95 Å². The number of hydrogen-bond acceptors (Lipinski definition) is 7. The Hall–Kier alpha value is -3.88. The highest BCUT2D eigenvalue weighted by Gasteiger charge is 2.51. The molecular weight excluding hydrogens is 428 g/mol. The molecule has 0 spiro atoms. The number of amides is 1. The van der Waals surface area contributed by atoms with E-state index in [-0.39, 0.29) is 18.0 Å². The molecule has 3 aliphatic rings. The topological polar surface area (TPSA) is 102 Å². The molecule has 2 saturated heterocycles. The van der Waals surface area contributed by atoms with Crippen LogP contribution in [0.3, 0.4) is 0 Å². The molecule has 3 aromatic heterocycles. The van der Waals surface area contributed by atoms with E-state index in [1.165, 1.54) is 4.80 Å². The van der Waals surface area contributed by atoms with Gasteiger partial charge in [0, 0.05) is 29.9 Å². The lowest BCUT2D eigenvalue weighted by Crippen LogP contribution is -2.64. The summed E-state index contributed by atoms with van der Waals surface area (Å²) in [6, 6.07) is 11.9. The van der Waals surface area contributed by atoms with Gasteiger partial charge >= 0.3 is 0 Å². The van der Waals surface area contributed by atoms with Crippen molar-refractivity contribution in [1.82, 2.24) is 34.8 Å². The van der Waals surface area contributed by atoms with Crippen molar-refractivity contribution in [2.24, 2.45) is 11.8 Å². The van der Waals surface area contributed by atoms with E-state index in [9.17, 15) is 4.79 Å². The van der Waals surface area contributed by atoms with Crippen molar-refractivity contribution in [1.29, 1.82) is 0 Å². The van der Waals surface area contributed by atoms with E-state index in [1.807, 2.05) is 54.4 Å². The summed E-state index contributed by atoms with van der Waals surface area (Å²) in [5.74, 6) is 1.50. The monoisotopic (exact) mass is 454 g/mol. The summed E-state index contributed by atoms with van der Waals surface area (Å²) in [7, 11) is 0. The molecule has 9 heteroatoms. The molecule has 1 N–H and O–H groups in total. The van der Waals surface area contributed by atoms with E-state index in [0.29, 0.717) is 35.7 Å². The summed E-state index contributed by atoms with van der Waals surface area (Å²) in [6.45, 7) is 4.72. The lowest BCUT2D eigenvalue weighted by molar-refractivity contribution is -0.0505. The highest BCUT2D eigenvalue weighted by atomic mass is 16.2. The summed E-state index contributed by atoms with van der Waals surface area (Å²) in [5.41, 5.74) is 2.67. The van der Waals surface area contributed by atoms with Crippen molar-refractivity contribution < 1.29 is 4.79 Å². The van der Waals surface area contributed by atoms with Gasteiger partial charge in [-0.15, -0.1) is 4.80 Å². The Morgan fingerprint density at radius 3 is 2.71 bits per heavy atom. The molecule has 4 aromatic rings. The predicted molar refractivity (Wildman–Crippen MR) is 128 cm³/mol. The summed E-state index contributed by atoms with van der Waals surface area (Å²) in [5, 5.41) is 12.9. The summed E-state index contributed by atoms with van der Waals surface area (Å²) >= 11 is 0. The molecule has 2 aliphatic heterocycles. The Kier molecular flexibility index (Phi) is 4.97. The van der Waals surface area contributed by atoms with Crippen LogP contribution in [0.5, 0.6) is 0 Å². The molecule has 9 nitrogen and oxygen atoms in total. The normalized spacial score (nSPS) is 23.5. The van der Waals surface area contributed by atoms with Gasteiger partial charge in [-0.2, -0.15) is 10.2 Å². The quantitative estimate of drug-likeness (QED) is 0.494. The Bertz CT molecular complexity index is 1350. The number of hydrogen-bond donors (Lipinski definition) is 1. The molecule has 172 valence electrons. The second-order valence-corrected chi connectivity index (χ2v) is 9.30. The maximum atomic E-state index is 14.0. The average molecular weight is 455 g/mol. The number of para-hydroxylation sites is 1. The maximum Gasteiger partial charge on any atom is 0.275 e. The zero-order valence-corrected chi connectivity index (χ0v) is 19.2. The van der Waals surface area contributed by atoms with Gasteiger partial charge in [0.15, 0.2) is 5.69 Å². The number of benzene rings is 1. The zero-order valence-electron chi connectivity index (χ0n) is 19.2. The van der Waals surface area contributed by atoms with E-state index in [4.69, 9.17) is 0 Å². The van der Waals surface area contributed by atoms with Gasteiger partial charge in [0.1, 0.15) is 5.69 Å². The van der Waals surface area contributed by atoms with Crippen molar-refractivity contribution >= 4 is 22.8 Å². The fourth-order valence-electron chi connectivity index (χ4n) is 5.31. The number of carbonyl (C=O) groups is 1. The van der Waals surface area contributed by atoms with E-state index >= 15 is 0 Å². The minimum Gasteiger partial charge on any atom is -0.352 e. The van der Waals surface area contributed by atoms with Crippen LogP contribution < -0.4 is 5.32 Å². The van der Waals surface area contributed by atoms with Crippen LogP contribution in [0.25, 0.3) is 16.6 Å². The molecule has 2 atom stereocenters. The van der Waals surface area contributed by atoms with Gasteiger partial charge in [-0.3, -0.25) is 4.79 Å².